The maximum Gasteiger partial charge on any atom is 0.235 e. The minimum absolute atomic E-state index is 0.0483. The van der Waals surface area contributed by atoms with Crippen molar-refractivity contribution in [3.05, 3.63) is 53.1 Å². The first-order valence-corrected chi connectivity index (χ1v) is 12.0. The van der Waals surface area contributed by atoms with E-state index in [0.717, 1.165) is 67.1 Å². The molecule has 2 aromatic rings. The summed E-state index contributed by atoms with van der Waals surface area (Å²) in [5.41, 5.74) is 3.87. The number of benzene rings is 2. The lowest BCUT2D eigenvalue weighted by Crippen LogP contribution is -2.47. The lowest BCUT2D eigenvalue weighted by molar-refractivity contribution is -0.122. The van der Waals surface area contributed by atoms with E-state index in [1.54, 1.807) is 11.0 Å². The summed E-state index contributed by atoms with van der Waals surface area (Å²) in [6.07, 6.45) is 2.75. The molecule has 178 valence electrons. The Hall–Kier alpha value is -3.37. The van der Waals surface area contributed by atoms with Crippen LogP contribution in [0.15, 0.2) is 36.4 Å². The number of amides is 2. The van der Waals surface area contributed by atoms with Crippen molar-refractivity contribution in [2.45, 2.75) is 44.9 Å². The maximum absolute atomic E-state index is 12.8. The van der Waals surface area contributed by atoms with Crippen molar-refractivity contribution in [2.75, 3.05) is 43.5 Å². The molecule has 0 bridgehead atoms. The van der Waals surface area contributed by atoms with Crippen LogP contribution >= 0.6 is 0 Å². The number of likely N-dealkylation sites (tertiary alicyclic amines) is 1. The Bertz CT molecular complexity index is 1130. The molecule has 1 N–H and O–H groups in total. The van der Waals surface area contributed by atoms with Crippen LogP contribution in [0.4, 0.5) is 11.4 Å². The van der Waals surface area contributed by atoms with E-state index in [-0.39, 0.29) is 11.8 Å². The second-order valence-electron chi connectivity index (χ2n) is 9.05. The molecular formula is C27H32N4O3. The van der Waals surface area contributed by atoms with Crippen LogP contribution in [0, 0.1) is 11.3 Å². The summed E-state index contributed by atoms with van der Waals surface area (Å²) in [5, 5.41) is 12.3. The molecule has 0 radical (unpaired) electrons. The highest BCUT2D eigenvalue weighted by atomic mass is 16.5. The molecule has 34 heavy (non-hydrogen) atoms. The SMILES string of the molecule is CCC(=O)N(C)c1ccc(OCCN2CCC3(CC2)C(=O)Nc2ccc(C#N)cc23)cc1CC. The first-order chi connectivity index (χ1) is 16.4. The van der Waals surface area contributed by atoms with Crippen LogP contribution in [-0.4, -0.2) is 50.0 Å². The first-order valence-electron chi connectivity index (χ1n) is 12.0. The van der Waals surface area contributed by atoms with Crippen LogP contribution in [0.1, 0.15) is 49.8 Å². The molecule has 1 saturated heterocycles. The van der Waals surface area contributed by atoms with Gasteiger partial charge in [-0.25, -0.2) is 0 Å². The van der Waals surface area contributed by atoms with Crippen molar-refractivity contribution in [3.63, 3.8) is 0 Å². The molecule has 4 rings (SSSR count). The van der Waals surface area contributed by atoms with Gasteiger partial charge in [0.15, 0.2) is 0 Å². The number of hydrogen-bond acceptors (Lipinski definition) is 5. The maximum atomic E-state index is 12.8. The van der Waals surface area contributed by atoms with Gasteiger partial charge in [-0.05, 0) is 79.9 Å². The van der Waals surface area contributed by atoms with Gasteiger partial charge in [-0.15, -0.1) is 0 Å². The highest BCUT2D eigenvalue weighted by Crippen LogP contribution is 2.45. The molecule has 0 unspecified atom stereocenters. The number of fused-ring (bicyclic) bond motifs is 2. The lowest BCUT2D eigenvalue weighted by atomic mass is 9.73. The van der Waals surface area contributed by atoms with Crippen LogP contribution in [0.2, 0.25) is 0 Å². The standard InChI is InChI=1S/C27H32N4O3/c1-4-20-17-21(7-9-24(20)30(3)25(32)5-2)34-15-14-31-12-10-27(11-13-31)22-16-19(18-28)6-8-23(22)29-26(27)33/h6-9,16-17H,4-5,10-15H2,1-3H3,(H,29,33). The Balaban J connectivity index is 1.34. The Morgan fingerprint density at radius 1 is 1.21 bits per heavy atom. The molecule has 2 aliphatic rings. The van der Waals surface area contributed by atoms with E-state index in [1.807, 2.05) is 44.3 Å². The Morgan fingerprint density at radius 2 is 1.97 bits per heavy atom. The van der Waals surface area contributed by atoms with E-state index in [1.165, 1.54) is 0 Å². The second kappa shape index (κ2) is 9.86. The summed E-state index contributed by atoms with van der Waals surface area (Å²) in [6, 6.07) is 13.5. The number of nitriles is 1. The zero-order valence-electron chi connectivity index (χ0n) is 20.2. The van der Waals surface area contributed by atoms with Crippen LogP contribution in [0.25, 0.3) is 0 Å². The molecule has 1 fully saturated rings. The number of hydrogen-bond donors (Lipinski definition) is 1. The van der Waals surface area contributed by atoms with Crippen LogP contribution < -0.4 is 15.0 Å². The number of nitrogens with one attached hydrogen (secondary N) is 1. The normalized spacial score (nSPS) is 16.6. The summed E-state index contributed by atoms with van der Waals surface area (Å²) in [4.78, 5) is 29.0. The molecule has 2 heterocycles. The van der Waals surface area contributed by atoms with Gasteiger partial charge in [0.1, 0.15) is 12.4 Å². The number of anilines is 2. The predicted octanol–water partition coefficient (Wildman–Crippen LogP) is 3.86. The Kier molecular flexibility index (Phi) is 6.90. The number of rotatable bonds is 7. The quantitative estimate of drug-likeness (QED) is 0.678. The zero-order valence-corrected chi connectivity index (χ0v) is 20.2. The smallest absolute Gasteiger partial charge is 0.235 e. The molecule has 0 aliphatic carbocycles. The van der Waals surface area contributed by atoms with Gasteiger partial charge < -0.3 is 15.0 Å². The molecule has 7 heteroatoms. The predicted molar refractivity (Wildman–Crippen MR) is 132 cm³/mol. The number of nitrogens with zero attached hydrogens (tertiary/aromatic N) is 3. The third kappa shape index (κ3) is 4.38. The van der Waals surface area contributed by atoms with Gasteiger partial charge in [-0.3, -0.25) is 14.5 Å². The van der Waals surface area contributed by atoms with Gasteiger partial charge in [-0.1, -0.05) is 13.8 Å². The fourth-order valence-electron chi connectivity index (χ4n) is 5.06. The third-order valence-corrected chi connectivity index (χ3v) is 7.20. The average Bonchev–Trinajstić information content (AvgIpc) is 3.14. The first kappa shape index (κ1) is 23.8. The van der Waals surface area contributed by atoms with Gasteiger partial charge in [0, 0.05) is 31.4 Å². The highest BCUT2D eigenvalue weighted by molar-refractivity contribution is 6.06. The van der Waals surface area contributed by atoms with E-state index >= 15 is 0 Å². The molecule has 0 saturated carbocycles. The van der Waals surface area contributed by atoms with E-state index < -0.39 is 5.41 Å². The second-order valence-corrected chi connectivity index (χ2v) is 9.05. The molecule has 2 aromatic carbocycles. The zero-order chi connectivity index (χ0) is 24.3. The van der Waals surface area contributed by atoms with Crippen LogP contribution in [-0.2, 0) is 21.4 Å². The van der Waals surface area contributed by atoms with Crippen molar-refractivity contribution in [3.8, 4) is 11.8 Å². The minimum atomic E-state index is -0.534. The molecule has 2 aliphatic heterocycles. The fraction of sp³-hybridized carbons (Fsp3) is 0.444. The number of ether oxygens (including phenoxy) is 1. The third-order valence-electron chi connectivity index (χ3n) is 7.20. The van der Waals surface area contributed by atoms with E-state index in [2.05, 4.69) is 23.2 Å². The molecule has 7 nitrogen and oxygen atoms in total. The van der Waals surface area contributed by atoms with Crippen LogP contribution in [0.5, 0.6) is 5.75 Å². The minimum Gasteiger partial charge on any atom is -0.492 e. The monoisotopic (exact) mass is 460 g/mol. The van der Waals surface area contributed by atoms with Gasteiger partial charge >= 0.3 is 0 Å². The van der Waals surface area contributed by atoms with E-state index in [0.29, 0.717) is 18.6 Å². The molecule has 0 atom stereocenters. The summed E-state index contributed by atoms with van der Waals surface area (Å²) < 4.78 is 6.04. The fourth-order valence-corrected chi connectivity index (χ4v) is 5.06. The van der Waals surface area contributed by atoms with Crippen molar-refractivity contribution in [1.82, 2.24) is 4.90 Å². The van der Waals surface area contributed by atoms with Gasteiger partial charge in [-0.2, -0.15) is 5.26 Å². The number of carbonyl (C=O) groups is 2. The van der Waals surface area contributed by atoms with Gasteiger partial charge in [0.25, 0.3) is 0 Å². The van der Waals surface area contributed by atoms with Gasteiger partial charge in [0.05, 0.1) is 17.0 Å². The summed E-state index contributed by atoms with van der Waals surface area (Å²) in [6.45, 7) is 6.88. The molecule has 2 amide bonds. The average molecular weight is 461 g/mol. The number of carbonyl (C=O) groups excluding carboxylic acids is 2. The van der Waals surface area contributed by atoms with Crippen molar-refractivity contribution in [1.29, 1.82) is 5.26 Å². The number of piperidine rings is 1. The molecular weight excluding hydrogens is 428 g/mol. The van der Waals surface area contributed by atoms with E-state index in [9.17, 15) is 14.9 Å². The Morgan fingerprint density at radius 3 is 2.65 bits per heavy atom. The summed E-state index contributed by atoms with van der Waals surface area (Å²) >= 11 is 0. The highest BCUT2D eigenvalue weighted by Gasteiger charge is 2.48. The Labute approximate surface area is 201 Å². The van der Waals surface area contributed by atoms with Crippen LogP contribution in [0.3, 0.4) is 0 Å². The summed E-state index contributed by atoms with van der Waals surface area (Å²) in [5.74, 6) is 0.945. The summed E-state index contributed by atoms with van der Waals surface area (Å²) in [7, 11) is 1.81. The van der Waals surface area contributed by atoms with Crippen molar-refractivity contribution in [2.24, 2.45) is 0 Å². The topological polar surface area (TPSA) is 85.7 Å². The number of aryl methyl sites for hydroxylation is 1. The lowest BCUT2D eigenvalue weighted by Gasteiger charge is -2.38. The largest absolute Gasteiger partial charge is 0.492 e. The van der Waals surface area contributed by atoms with Crippen molar-refractivity contribution >= 4 is 23.2 Å². The molecule has 0 aromatic heterocycles. The van der Waals surface area contributed by atoms with Gasteiger partial charge in [0.2, 0.25) is 11.8 Å². The molecule has 1 spiro atoms. The van der Waals surface area contributed by atoms with Crippen molar-refractivity contribution < 1.29 is 14.3 Å². The van der Waals surface area contributed by atoms with E-state index in [4.69, 9.17) is 4.74 Å².